The van der Waals surface area contributed by atoms with Gasteiger partial charge in [0.05, 0.1) is 24.3 Å². The Labute approximate surface area is 223 Å². The highest BCUT2D eigenvalue weighted by atomic mass is 35.5. The maximum atomic E-state index is 13.5. The number of nitrogens with one attached hydrogen (secondary N) is 1. The molecule has 0 radical (unpaired) electrons. The first kappa shape index (κ1) is 26.2. The molecule has 0 bridgehead atoms. The molecule has 1 fully saturated rings. The average Bonchev–Trinajstić information content (AvgIpc) is 3.10. The van der Waals surface area contributed by atoms with Crippen LogP contribution in [0.4, 0.5) is 15.8 Å². The number of thiocarbonyl (C=S) groups is 1. The summed E-state index contributed by atoms with van der Waals surface area (Å²) in [7, 11) is 0. The summed E-state index contributed by atoms with van der Waals surface area (Å²) < 4.78 is 18.4. The molecule has 1 heterocycles. The molecule has 3 aromatic carbocycles. The summed E-state index contributed by atoms with van der Waals surface area (Å²) in [6.45, 7) is 2.19. The third-order valence-electron chi connectivity index (χ3n) is 5.73. The Morgan fingerprint density at radius 2 is 1.68 bits per heavy atom. The molecule has 1 saturated heterocycles. The minimum Gasteiger partial charge on any atom is -0.462 e. The van der Waals surface area contributed by atoms with E-state index in [4.69, 9.17) is 28.6 Å². The largest absolute Gasteiger partial charge is 0.462 e. The molecule has 1 atom stereocenters. The Morgan fingerprint density at radius 3 is 2.30 bits per heavy atom. The molecular formula is C27H23ClFN3O4S. The number of carbonyl (C=O) groups excluding carboxylic acids is 3. The summed E-state index contributed by atoms with van der Waals surface area (Å²) in [5, 5.41) is 3.50. The number of esters is 1. The first-order chi connectivity index (χ1) is 17.8. The van der Waals surface area contributed by atoms with Crippen molar-refractivity contribution in [2.45, 2.75) is 25.9 Å². The molecule has 37 heavy (non-hydrogen) atoms. The molecule has 190 valence electrons. The Kier molecular flexibility index (Phi) is 8.15. The van der Waals surface area contributed by atoms with E-state index in [1.54, 1.807) is 72.5 Å². The first-order valence-corrected chi connectivity index (χ1v) is 12.3. The van der Waals surface area contributed by atoms with Gasteiger partial charge in [-0.05, 0) is 85.4 Å². The van der Waals surface area contributed by atoms with E-state index in [0.717, 1.165) is 5.56 Å². The Bertz CT molecular complexity index is 1320. The van der Waals surface area contributed by atoms with Crippen LogP contribution in [-0.2, 0) is 20.9 Å². The summed E-state index contributed by atoms with van der Waals surface area (Å²) in [4.78, 5) is 41.3. The zero-order valence-corrected chi connectivity index (χ0v) is 21.4. The van der Waals surface area contributed by atoms with E-state index in [1.165, 1.54) is 17.0 Å². The number of rotatable bonds is 8. The van der Waals surface area contributed by atoms with Gasteiger partial charge in [-0.25, -0.2) is 9.18 Å². The number of carbonyl (C=O) groups is 3. The Hall–Kier alpha value is -3.82. The molecule has 7 nitrogen and oxygen atoms in total. The Balaban J connectivity index is 1.54. The standard InChI is InChI=1S/C27H23ClFN3O4S/c1-2-36-26(35)18-5-11-21(12-6-18)30-24(33)15-23-25(34)32(22-13-7-19(28)8-14-22)27(37)31(23)16-17-3-9-20(29)10-4-17/h3-14,23H,2,15-16H2,1H3,(H,30,33). The van der Waals surface area contributed by atoms with Crippen LogP contribution in [0.25, 0.3) is 0 Å². The number of ether oxygens (including phenoxy) is 1. The molecule has 2 amide bonds. The van der Waals surface area contributed by atoms with E-state index >= 15 is 0 Å². The van der Waals surface area contributed by atoms with Gasteiger partial charge in [0.2, 0.25) is 5.91 Å². The molecular weight excluding hydrogens is 517 g/mol. The molecule has 0 spiro atoms. The number of halogens is 2. The van der Waals surface area contributed by atoms with Gasteiger partial charge in [-0.15, -0.1) is 0 Å². The lowest BCUT2D eigenvalue weighted by Gasteiger charge is -2.24. The highest BCUT2D eigenvalue weighted by Crippen LogP contribution is 2.30. The lowest BCUT2D eigenvalue weighted by atomic mass is 10.1. The van der Waals surface area contributed by atoms with Gasteiger partial charge in [-0.2, -0.15) is 0 Å². The van der Waals surface area contributed by atoms with Crippen molar-refractivity contribution in [3.8, 4) is 0 Å². The van der Waals surface area contributed by atoms with Crippen molar-refractivity contribution in [1.82, 2.24) is 4.90 Å². The van der Waals surface area contributed by atoms with Crippen LogP contribution in [0.1, 0.15) is 29.3 Å². The van der Waals surface area contributed by atoms with Crippen LogP contribution in [0.15, 0.2) is 72.8 Å². The summed E-state index contributed by atoms with van der Waals surface area (Å²) in [6, 6.07) is 17.9. The number of hydrogen-bond acceptors (Lipinski definition) is 5. The average molecular weight is 540 g/mol. The summed E-state index contributed by atoms with van der Waals surface area (Å²) in [6.07, 6.45) is -0.177. The normalized spacial score (nSPS) is 15.2. The molecule has 1 aliphatic rings. The van der Waals surface area contributed by atoms with Crippen LogP contribution in [-0.4, -0.2) is 40.4 Å². The minimum absolute atomic E-state index is 0.177. The van der Waals surface area contributed by atoms with Crippen LogP contribution in [0.5, 0.6) is 0 Å². The third kappa shape index (κ3) is 6.12. The van der Waals surface area contributed by atoms with Crippen LogP contribution in [0.3, 0.4) is 0 Å². The number of anilines is 2. The SMILES string of the molecule is CCOC(=O)c1ccc(NC(=O)CC2C(=O)N(c3ccc(Cl)cc3)C(=S)N2Cc2ccc(F)cc2)cc1. The van der Waals surface area contributed by atoms with Crippen molar-refractivity contribution >= 4 is 58.1 Å². The Morgan fingerprint density at radius 1 is 1.03 bits per heavy atom. The van der Waals surface area contributed by atoms with Crippen molar-refractivity contribution in [2.75, 3.05) is 16.8 Å². The molecule has 0 saturated carbocycles. The minimum atomic E-state index is -0.882. The molecule has 1 N–H and O–H groups in total. The van der Waals surface area contributed by atoms with E-state index in [2.05, 4.69) is 5.32 Å². The predicted octanol–water partition coefficient (Wildman–Crippen LogP) is 5.19. The third-order valence-corrected chi connectivity index (χ3v) is 6.40. The zero-order valence-electron chi connectivity index (χ0n) is 19.8. The van der Waals surface area contributed by atoms with Crippen molar-refractivity contribution in [2.24, 2.45) is 0 Å². The molecule has 0 aliphatic carbocycles. The van der Waals surface area contributed by atoms with Gasteiger partial charge in [0.25, 0.3) is 5.91 Å². The maximum Gasteiger partial charge on any atom is 0.338 e. The van der Waals surface area contributed by atoms with Crippen molar-refractivity contribution in [3.63, 3.8) is 0 Å². The molecule has 3 aromatic rings. The highest BCUT2D eigenvalue weighted by molar-refractivity contribution is 7.80. The fourth-order valence-electron chi connectivity index (χ4n) is 3.92. The number of amides is 2. The second-order valence-electron chi connectivity index (χ2n) is 8.25. The molecule has 10 heteroatoms. The van der Waals surface area contributed by atoms with Crippen LogP contribution >= 0.6 is 23.8 Å². The van der Waals surface area contributed by atoms with E-state index in [-0.39, 0.29) is 36.4 Å². The van der Waals surface area contributed by atoms with Crippen molar-refractivity contribution < 1.29 is 23.5 Å². The second kappa shape index (κ2) is 11.5. The van der Waals surface area contributed by atoms with Gasteiger partial charge in [0.1, 0.15) is 11.9 Å². The highest BCUT2D eigenvalue weighted by Gasteiger charge is 2.44. The number of hydrogen-bond donors (Lipinski definition) is 1. The lowest BCUT2D eigenvalue weighted by Crippen LogP contribution is -2.37. The molecule has 0 aromatic heterocycles. The molecule has 1 unspecified atom stereocenters. The lowest BCUT2D eigenvalue weighted by molar-refractivity contribution is -0.124. The molecule has 4 rings (SSSR count). The van der Waals surface area contributed by atoms with Crippen LogP contribution < -0.4 is 10.2 Å². The maximum absolute atomic E-state index is 13.5. The molecule has 1 aliphatic heterocycles. The van der Waals surface area contributed by atoms with Gasteiger partial charge in [0.15, 0.2) is 5.11 Å². The summed E-state index contributed by atoms with van der Waals surface area (Å²) in [5.74, 6) is -1.60. The summed E-state index contributed by atoms with van der Waals surface area (Å²) >= 11 is 11.6. The summed E-state index contributed by atoms with van der Waals surface area (Å²) in [5.41, 5.74) is 2.08. The van der Waals surface area contributed by atoms with Gasteiger partial charge in [-0.3, -0.25) is 14.5 Å². The van der Waals surface area contributed by atoms with Crippen molar-refractivity contribution in [3.05, 3.63) is 94.8 Å². The van der Waals surface area contributed by atoms with Crippen molar-refractivity contribution in [1.29, 1.82) is 0 Å². The van der Waals surface area contributed by atoms with Gasteiger partial charge >= 0.3 is 5.97 Å². The van der Waals surface area contributed by atoms with Gasteiger partial charge in [-0.1, -0.05) is 23.7 Å². The monoisotopic (exact) mass is 539 g/mol. The van der Waals surface area contributed by atoms with Crippen LogP contribution in [0.2, 0.25) is 5.02 Å². The van der Waals surface area contributed by atoms with Crippen LogP contribution in [0, 0.1) is 5.82 Å². The van der Waals surface area contributed by atoms with E-state index < -0.39 is 17.9 Å². The van der Waals surface area contributed by atoms with E-state index in [1.807, 2.05) is 0 Å². The van der Waals surface area contributed by atoms with Gasteiger partial charge < -0.3 is 15.0 Å². The smallest absolute Gasteiger partial charge is 0.338 e. The first-order valence-electron chi connectivity index (χ1n) is 11.5. The zero-order chi connectivity index (χ0) is 26.5. The fourth-order valence-corrected chi connectivity index (χ4v) is 4.43. The second-order valence-corrected chi connectivity index (χ2v) is 9.05. The number of benzene rings is 3. The van der Waals surface area contributed by atoms with Gasteiger partial charge in [0, 0.05) is 17.3 Å². The fraction of sp³-hybridized carbons (Fsp3) is 0.185. The van der Waals surface area contributed by atoms with E-state index in [9.17, 15) is 18.8 Å². The predicted molar refractivity (Wildman–Crippen MR) is 143 cm³/mol. The quantitative estimate of drug-likeness (QED) is 0.314. The topological polar surface area (TPSA) is 78.9 Å². The number of nitrogens with zero attached hydrogens (tertiary/aromatic N) is 2. The van der Waals surface area contributed by atoms with E-state index in [0.29, 0.717) is 22.0 Å².